The highest BCUT2D eigenvalue weighted by Gasteiger charge is 2.31. The topological polar surface area (TPSA) is 90.3 Å². The Balaban J connectivity index is 1.84. The normalized spacial score (nSPS) is 14.6. The Morgan fingerprint density at radius 2 is 1.96 bits per heavy atom. The van der Waals surface area contributed by atoms with Crippen molar-refractivity contribution in [1.82, 2.24) is 10.3 Å². The van der Waals surface area contributed by atoms with Crippen LogP contribution in [0.3, 0.4) is 0 Å². The van der Waals surface area contributed by atoms with E-state index in [1.807, 2.05) is 0 Å². The number of benzene rings is 1. The maximum Gasteiger partial charge on any atom is 0.573 e. The molecule has 0 aliphatic carbocycles. The van der Waals surface area contributed by atoms with Crippen molar-refractivity contribution in [3.8, 4) is 5.75 Å². The molecule has 2 heterocycles. The SMILES string of the molecule is N=C(c1c(CO)ccnc1Nc1ccc(OC(F)(F)F)cc1)C1CNC1. The van der Waals surface area contributed by atoms with Crippen LogP contribution < -0.4 is 15.4 Å². The zero-order chi connectivity index (χ0) is 18.7. The third kappa shape index (κ3) is 4.12. The number of hydrogen-bond donors (Lipinski definition) is 4. The molecule has 0 bridgehead atoms. The van der Waals surface area contributed by atoms with Gasteiger partial charge in [-0.2, -0.15) is 0 Å². The Kier molecular flexibility index (Phi) is 5.10. The number of rotatable bonds is 6. The molecule has 1 aliphatic heterocycles. The van der Waals surface area contributed by atoms with Crippen LogP contribution in [0.4, 0.5) is 24.7 Å². The first-order valence-electron chi connectivity index (χ1n) is 7.88. The Morgan fingerprint density at radius 3 is 2.50 bits per heavy atom. The quantitative estimate of drug-likeness (QED) is 0.591. The molecule has 0 atom stereocenters. The van der Waals surface area contributed by atoms with Crippen LogP contribution in [-0.2, 0) is 6.61 Å². The molecule has 1 saturated heterocycles. The second-order valence-electron chi connectivity index (χ2n) is 5.82. The van der Waals surface area contributed by atoms with Crippen molar-refractivity contribution >= 4 is 17.2 Å². The van der Waals surface area contributed by atoms with Crippen LogP contribution in [0.25, 0.3) is 0 Å². The minimum atomic E-state index is -4.75. The summed E-state index contributed by atoms with van der Waals surface area (Å²) in [4.78, 5) is 4.23. The largest absolute Gasteiger partial charge is 0.573 e. The number of aromatic nitrogens is 1. The zero-order valence-corrected chi connectivity index (χ0v) is 13.6. The molecule has 0 saturated carbocycles. The molecule has 9 heteroatoms. The lowest BCUT2D eigenvalue weighted by atomic mass is 9.90. The highest BCUT2D eigenvalue weighted by Crippen LogP contribution is 2.28. The van der Waals surface area contributed by atoms with E-state index in [2.05, 4.69) is 20.4 Å². The highest BCUT2D eigenvalue weighted by atomic mass is 19.4. The summed E-state index contributed by atoms with van der Waals surface area (Å²) < 4.78 is 40.5. The lowest BCUT2D eigenvalue weighted by Crippen LogP contribution is -2.46. The van der Waals surface area contributed by atoms with E-state index in [1.165, 1.54) is 30.5 Å². The van der Waals surface area contributed by atoms with Crippen molar-refractivity contribution in [2.75, 3.05) is 18.4 Å². The lowest BCUT2D eigenvalue weighted by Gasteiger charge is -2.29. The number of aliphatic hydroxyl groups is 1. The van der Waals surface area contributed by atoms with Crippen molar-refractivity contribution in [2.45, 2.75) is 13.0 Å². The minimum Gasteiger partial charge on any atom is -0.406 e. The molecule has 1 aromatic carbocycles. The molecule has 2 aromatic rings. The van der Waals surface area contributed by atoms with Gasteiger partial charge >= 0.3 is 6.36 Å². The van der Waals surface area contributed by atoms with Gasteiger partial charge in [0.15, 0.2) is 0 Å². The van der Waals surface area contributed by atoms with Gasteiger partial charge < -0.3 is 25.9 Å². The molecule has 1 aliphatic rings. The Labute approximate surface area is 147 Å². The van der Waals surface area contributed by atoms with Gasteiger partial charge in [0.05, 0.1) is 6.61 Å². The van der Waals surface area contributed by atoms with E-state index in [4.69, 9.17) is 5.41 Å². The van der Waals surface area contributed by atoms with Gasteiger partial charge in [-0.15, -0.1) is 13.2 Å². The average molecular weight is 366 g/mol. The third-order valence-corrected chi connectivity index (χ3v) is 4.02. The summed E-state index contributed by atoms with van der Waals surface area (Å²) in [7, 11) is 0. The van der Waals surface area contributed by atoms with Crippen molar-refractivity contribution in [1.29, 1.82) is 5.41 Å². The fraction of sp³-hybridized carbons (Fsp3) is 0.294. The van der Waals surface area contributed by atoms with Crippen molar-refractivity contribution in [3.63, 3.8) is 0 Å². The van der Waals surface area contributed by atoms with E-state index in [-0.39, 0.29) is 18.3 Å². The predicted octanol–water partition coefficient (Wildman–Crippen LogP) is 2.80. The van der Waals surface area contributed by atoms with E-state index >= 15 is 0 Å². The number of hydrogen-bond acceptors (Lipinski definition) is 6. The molecule has 26 heavy (non-hydrogen) atoms. The zero-order valence-electron chi connectivity index (χ0n) is 13.6. The smallest absolute Gasteiger partial charge is 0.406 e. The van der Waals surface area contributed by atoms with Crippen molar-refractivity contribution in [2.24, 2.45) is 5.92 Å². The fourth-order valence-corrected chi connectivity index (χ4v) is 2.60. The standard InChI is InChI=1S/C17H17F3N4O2/c18-17(19,20)26-13-3-1-12(2-4-13)24-16-14(10(9-25)5-6-23-16)15(21)11-7-22-8-11/h1-6,11,21-22,25H,7-9H2,(H,23,24). The first kappa shape index (κ1) is 18.2. The van der Waals surface area contributed by atoms with Crippen LogP contribution in [0.5, 0.6) is 5.75 Å². The van der Waals surface area contributed by atoms with Crippen LogP contribution in [0.1, 0.15) is 11.1 Å². The number of halogens is 3. The van der Waals surface area contributed by atoms with Gasteiger partial charge in [-0.1, -0.05) is 0 Å². The minimum absolute atomic E-state index is 0.0348. The van der Waals surface area contributed by atoms with Gasteiger partial charge in [0.1, 0.15) is 11.6 Å². The molecule has 138 valence electrons. The summed E-state index contributed by atoms with van der Waals surface area (Å²) in [6.45, 7) is 1.12. The highest BCUT2D eigenvalue weighted by molar-refractivity contribution is 6.06. The van der Waals surface area contributed by atoms with Crippen LogP contribution in [-0.4, -0.2) is 35.3 Å². The summed E-state index contributed by atoms with van der Waals surface area (Å²) in [5, 5.41) is 24.1. The molecular weight excluding hydrogens is 349 g/mol. The number of pyridine rings is 1. The van der Waals surface area contributed by atoms with Crippen LogP contribution >= 0.6 is 0 Å². The first-order valence-corrected chi connectivity index (χ1v) is 7.88. The molecule has 0 radical (unpaired) electrons. The monoisotopic (exact) mass is 366 g/mol. The second kappa shape index (κ2) is 7.30. The van der Waals surface area contributed by atoms with Crippen LogP contribution in [0, 0.1) is 11.3 Å². The number of anilines is 2. The van der Waals surface area contributed by atoms with E-state index < -0.39 is 6.36 Å². The number of alkyl halides is 3. The summed E-state index contributed by atoms with van der Waals surface area (Å²) in [5.41, 5.74) is 1.93. The van der Waals surface area contributed by atoms with E-state index in [0.29, 0.717) is 41.4 Å². The summed E-state index contributed by atoms with van der Waals surface area (Å²) >= 11 is 0. The number of aliphatic hydroxyl groups excluding tert-OH is 1. The first-order chi connectivity index (χ1) is 12.4. The molecule has 3 rings (SSSR count). The predicted molar refractivity (Wildman–Crippen MR) is 89.8 cm³/mol. The van der Waals surface area contributed by atoms with Gasteiger partial charge in [-0.05, 0) is 35.9 Å². The van der Waals surface area contributed by atoms with Crippen molar-refractivity contribution < 1.29 is 23.0 Å². The molecule has 4 N–H and O–H groups in total. The number of nitrogens with zero attached hydrogens (tertiary/aromatic N) is 1. The maximum absolute atomic E-state index is 12.2. The van der Waals surface area contributed by atoms with E-state index in [1.54, 1.807) is 6.07 Å². The Hall–Kier alpha value is -2.65. The molecule has 1 aromatic heterocycles. The number of nitrogens with one attached hydrogen (secondary N) is 3. The second-order valence-corrected chi connectivity index (χ2v) is 5.82. The number of ether oxygens (including phenoxy) is 1. The van der Waals surface area contributed by atoms with Crippen LogP contribution in [0.2, 0.25) is 0 Å². The average Bonchev–Trinajstić information content (AvgIpc) is 2.53. The summed E-state index contributed by atoms with van der Waals surface area (Å²) in [6.07, 6.45) is -3.24. The van der Waals surface area contributed by atoms with Gasteiger partial charge in [0, 0.05) is 42.2 Å². The molecule has 6 nitrogen and oxygen atoms in total. The van der Waals surface area contributed by atoms with Gasteiger partial charge in [-0.3, -0.25) is 0 Å². The molecule has 0 unspecified atom stereocenters. The molecule has 0 amide bonds. The van der Waals surface area contributed by atoms with Gasteiger partial charge in [0.2, 0.25) is 0 Å². The van der Waals surface area contributed by atoms with Gasteiger partial charge in [0.25, 0.3) is 0 Å². The Bertz CT molecular complexity index is 790. The van der Waals surface area contributed by atoms with Crippen LogP contribution in [0.15, 0.2) is 36.5 Å². The van der Waals surface area contributed by atoms with E-state index in [0.717, 1.165) is 0 Å². The van der Waals surface area contributed by atoms with Crippen molar-refractivity contribution in [3.05, 3.63) is 47.7 Å². The molecule has 0 spiro atoms. The molecular formula is C17H17F3N4O2. The third-order valence-electron chi connectivity index (χ3n) is 4.02. The van der Waals surface area contributed by atoms with E-state index in [9.17, 15) is 18.3 Å². The summed E-state index contributed by atoms with van der Waals surface area (Å²) in [5.74, 6) is 0.0826. The maximum atomic E-state index is 12.2. The Morgan fingerprint density at radius 1 is 1.27 bits per heavy atom. The fourth-order valence-electron chi connectivity index (χ4n) is 2.60. The van der Waals surface area contributed by atoms with Gasteiger partial charge in [-0.25, -0.2) is 4.98 Å². The lowest BCUT2D eigenvalue weighted by molar-refractivity contribution is -0.274. The summed E-state index contributed by atoms with van der Waals surface area (Å²) in [6, 6.07) is 6.86. The molecule has 1 fully saturated rings.